The van der Waals surface area contributed by atoms with Gasteiger partial charge in [0.2, 0.25) is 0 Å². The molecule has 0 N–H and O–H groups in total. The van der Waals surface area contributed by atoms with Gasteiger partial charge in [-0.1, -0.05) is 60.5 Å². The Balaban J connectivity index is 0.000000881. The SMILES string of the molecule is C1=N[N+]([B-](n2cccn2)(n2cccn2)n2cccn2)=CC1.CC.CC.CC.CC. The van der Waals surface area contributed by atoms with E-state index >= 15 is 0 Å². The maximum Gasteiger partial charge on any atom is 0.667 e. The molecule has 8 nitrogen and oxygen atoms in total. The predicted octanol–water partition coefficient (Wildman–Crippen LogP) is 4.23. The third kappa shape index (κ3) is 5.52. The molecule has 0 unspecified atom stereocenters. The molecule has 0 aliphatic carbocycles. The van der Waals surface area contributed by atoms with Crippen LogP contribution in [0.2, 0.25) is 0 Å². The number of hydrogen-bond donors (Lipinski definition) is 0. The summed E-state index contributed by atoms with van der Waals surface area (Å²) in [6.45, 7) is 14.2. The van der Waals surface area contributed by atoms with E-state index in [1.54, 1.807) is 18.6 Å². The van der Waals surface area contributed by atoms with Crippen LogP contribution < -0.4 is 0 Å². The first-order valence-electron chi connectivity index (χ1n) is 10.7. The molecule has 0 spiro atoms. The second kappa shape index (κ2) is 15.0. The highest BCUT2D eigenvalue weighted by Gasteiger charge is 2.51. The zero-order chi connectivity index (χ0) is 22.1. The van der Waals surface area contributed by atoms with E-state index < -0.39 is 6.69 Å². The van der Waals surface area contributed by atoms with Gasteiger partial charge in [-0.2, -0.15) is 0 Å². The molecule has 0 bridgehead atoms. The lowest BCUT2D eigenvalue weighted by Gasteiger charge is -2.32. The fourth-order valence-electron chi connectivity index (χ4n) is 2.76. The molecule has 3 aromatic rings. The zero-order valence-corrected chi connectivity index (χ0v) is 19.2. The van der Waals surface area contributed by atoms with E-state index in [0.717, 1.165) is 6.42 Å². The Morgan fingerprint density at radius 1 is 0.655 bits per heavy atom. The van der Waals surface area contributed by atoms with Crippen molar-refractivity contribution in [2.45, 2.75) is 61.8 Å². The van der Waals surface area contributed by atoms with Crippen molar-refractivity contribution < 1.29 is 4.60 Å². The Morgan fingerprint density at radius 2 is 1.03 bits per heavy atom. The largest absolute Gasteiger partial charge is 0.667 e. The molecule has 0 aromatic carbocycles. The van der Waals surface area contributed by atoms with Gasteiger partial charge in [0.25, 0.3) is 0 Å². The minimum absolute atomic E-state index is 0.771. The van der Waals surface area contributed by atoms with Gasteiger partial charge in [-0.05, 0) is 36.8 Å². The van der Waals surface area contributed by atoms with E-state index in [4.69, 9.17) is 0 Å². The Kier molecular flexibility index (Phi) is 13.5. The number of nitrogens with zero attached hydrogens (tertiary/aromatic N) is 8. The minimum Gasteiger partial charge on any atom is -0.332 e. The molecule has 29 heavy (non-hydrogen) atoms. The monoisotopic (exact) mass is 400 g/mol. The zero-order valence-electron chi connectivity index (χ0n) is 19.2. The van der Waals surface area contributed by atoms with E-state index in [0.29, 0.717) is 0 Å². The molecule has 0 amide bonds. The Hall–Kier alpha value is -2.97. The normalized spacial score (nSPS) is 11.4. The Bertz CT molecular complexity index is 691. The third-order valence-corrected chi connectivity index (χ3v) is 3.61. The van der Waals surface area contributed by atoms with Crippen molar-refractivity contribution in [3.8, 4) is 0 Å². The number of aromatic nitrogens is 6. The lowest BCUT2D eigenvalue weighted by atomic mass is 9.75. The van der Waals surface area contributed by atoms with Gasteiger partial charge in [-0.3, -0.25) is 0 Å². The summed E-state index contributed by atoms with van der Waals surface area (Å²) in [5.74, 6) is 0. The van der Waals surface area contributed by atoms with Crippen LogP contribution >= 0.6 is 0 Å². The summed E-state index contributed by atoms with van der Waals surface area (Å²) in [7, 11) is 0. The van der Waals surface area contributed by atoms with Gasteiger partial charge >= 0.3 is 6.69 Å². The molecule has 0 atom stereocenters. The van der Waals surface area contributed by atoms with Crippen LogP contribution in [0.25, 0.3) is 0 Å². The van der Waals surface area contributed by atoms with Gasteiger partial charge in [0.05, 0.1) is 12.6 Å². The van der Waals surface area contributed by atoms with E-state index in [1.807, 2.05) is 123 Å². The van der Waals surface area contributed by atoms with E-state index in [-0.39, 0.29) is 0 Å². The van der Waals surface area contributed by atoms with E-state index in [1.165, 1.54) is 0 Å². The number of rotatable bonds is 4. The lowest BCUT2D eigenvalue weighted by molar-refractivity contribution is -0.408. The highest BCUT2D eigenvalue weighted by Crippen LogP contribution is 2.14. The minimum atomic E-state index is -1.80. The van der Waals surface area contributed by atoms with Crippen molar-refractivity contribution in [3.63, 3.8) is 0 Å². The first-order chi connectivity index (χ1) is 14.4. The molecule has 0 radical (unpaired) electrons. The van der Waals surface area contributed by atoms with Gasteiger partial charge in [0.1, 0.15) is 6.21 Å². The average molecular weight is 400 g/mol. The Morgan fingerprint density at radius 3 is 1.28 bits per heavy atom. The van der Waals surface area contributed by atoms with Crippen molar-refractivity contribution in [1.29, 1.82) is 0 Å². The molecule has 160 valence electrons. The molecule has 0 saturated heterocycles. The van der Waals surface area contributed by atoms with Gasteiger partial charge in [0, 0.05) is 18.6 Å². The van der Waals surface area contributed by atoms with Gasteiger partial charge < -0.3 is 13.8 Å². The van der Waals surface area contributed by atoms with E-state index in [2.05, 4.69) is 20.4 Å². The summed E-state index contributed by atoms with van der Waals surface area (Å²) in [6, 6.07) is 5.63. The topological polar surface area (TPSA) is 68.8 Å². The summed E-state index contributed by atoms with van der Waals surface area (Å²) >= 11 is 0. The molecule has 3 aromatic heterocycles. The first-order valence-corrected chi connectivity index (χ1v) is 10.7. The molecule has 4 heterocycles. The highest BCUT2D eigenvalue weighted by molar-refractivity contribution is 6.67. The van der Waals surface area contributed by atoms with Crippen LogP contribution in [0, 0.1) is 0 Å². The number of hydrazone groups is 1. The summed E-state index contributed by atoms with van der Waals surface area (Å²) < 4.78 is 7.37. The predicted molar refractivity (Wildman–Crippen MR) is 123 cm³/mol. The maximum atomic E-state index is 4.47. The second-order valence-electron chi connectivity index (χ2n) is 4.75. The third-order valence-electron chi connectivity index (χ3n) is 3.61. The average Bonchev–Trinajstić information content (AvgIpc) is 3.64. The molecule has 1 aliphatic rings. The van der Waals surface area contributed by atoms with Gasteiger partial charge in [-0.25, -0.2) is 19.9 Å². The molecule has 0 fully saturated rings. The smallest absolute Gasteiger partial charge is 0.332 e. The fourth-order valence-corrected chi connectivity index (χ4v) is 2.76. The highest BCUT2D eigenvalue weighted by atomic mass is 15.6. The van der Waals surface area contributed by atoms with Crippen LogP contribution in [0.3, 0.4) is 0 Å². The van der Waals surface area contributed by atoms with Crippen LogP contribution in [0.4, 0.5) is 0 Å². The summed E-state index contributed by atoms with van der Waals surface area (Å²) in [4.78, 5) is 0. The molecule has 1 aliphatic heterocycles. The van der Waals surface area contributed by atoms with Crippen LogP contribution in [0.15, 0.2) is 60.5 Å². The van der Waals surface area contributed by atoms with Crippen LogP contribution in [-0.2, 0) is 0 Å². The molecule has 9 heteroatoms. The molecule has 0 saturated carbocycles. The number of hydrogen-bond acceptors (Lipinski definition) is 4. The summed E-state index contributed by atoms with van der Waals surface area (Å²) in [5.41, 5.74) is 0. The summed E-state index contributed by atoms with van der Waals surface area (Å²) in [5, 5.41) is 17.8. The fraction of sp³-hybridized carbons (Fsp3) is 0.450. The summed E-state index contributed by atoms with van der Waals surface area (Å²) in [6.07, 6.45) is 15.5. The van der Waals surface area contributed by atoms with Crippen molar-refractivity contribution in [3.05, 3.63) is 55.4 Å². The molecular formula is C20H37BN8. The van der Waals surface area contributed by atoms with Gasteiger partial charge in [0.15, 0.2) is 0 Å². The molecule has 4 rings (SSSR count). The first kappa shape index (κ1) is 26.0. The van der Waals surface area contributed by atoms with Crippen LogP contribution in [0.5, 0.6) is 0 Å². The van der Waals surface area contributed by atoms with Crippen molar-refractivity contribution >= 4 is 19.1 Å². The second-order valence-corrected chi connectivity index (χ2v) is 4.75. The Labute approximate surface area is 175 Å². The van der Waals surface area contributed by atoms with E-state index in [9.17, 15) is 0 Å². The quantitative estimate of drug-likeness (QED) is 0.616. The molecular weight excluding hydrogens is 363 g/mol. The van der Waals surface area contributed by atoms with Crippen LogP contribution in [0.1, 0.15) is 61.8 Å². The maximum absolute atomic E-state index is 4.47. The van der Waals surface area contributed by atoms with Gasteiger partial charge in [-0.15, -0.1) is 0 Å². The van der Waals surface area contributed by atoms with Crippen molar-refractivity contribution in [2.75, 3.05) is 0 Å². The van der Waals surface area contributed by atoms with Crippen LogP contribution in [-0.4, -0.2) is 52.8 Å². The van der Waals surface area contributed by atoms with Crippen molar-refractivity contribution in [1.82, 2.24) is 29.1 Å². The standard InChI is InChI=1S/C12H13BN8.4C2H6/c1-5-14-18(9-1)13(19-10-2-6-15-19,20-11-3-7-16-20)21-12-4-8-17-21;4*1-2/h1-3,5-12H,4H2;4*1-2H3. The lowest BCUT2D eigenvalue weighted by Crippen LogP contribution is -2.66. The van der Waals surface area contributed by atoms with Crippen molar-refractivity contribution in [2.24, 2.45) is 5.10 Å².